The number of amides is 1. The predicted molar refractivity (Wildman–Crippen MR) is 99.0 cm³/mol. The molecule has 4 N–H and O–H groups in total. The van der Waals surface area contributed by atoms with E-state index in [0.717, 1.165) is 6.07 Å². The minimum Gasteiger partial charge on any atom is -0.352 e. The number of nitrogens with two attached hydrogens (primary N) is 1. The van der Waals surface area contributed by atoms with E-state index in [4.69, 9.17) is 5.73 Å². The molecule has 0 fully saturated rings. The molecule has 0 aliphatic carbocycles. The third kappa shape index (κ3) is 5.03. The summed E-state index contributed by atoms with van der Waals surface area (Å²) >= 11 is 0. The number of nitrogens with one attached hydrogen (secondary N) is 2. The molecule has 0 saturated heterocycles. The molecule has 0 saturated carbocycles. The number of aryl methyl sites for hydroxylation is 1. The number of sulfonamides is 1. The lowest BCUT2D eigenvalue weighted by Gasteiger charge is -2.13. The first kappa shape index (κ1) is 19.9. The van der Waals surface area contributed by atoms with E-state index < -0.39 is 21.7 Å². The average Bonchev–Trinajstić information content (AvgIpc) is 2.57. The SMILES string of the molecule is Cc1cc(S(=O)(=O)Nc2ccccc2C(=O)NCCC(C)N)ccc1F. The molecule has 0 heterocycles. The van der Waals surface area contributed by atoms with Crippen molar-refractivity contribution >= 4 is 21.6 Å². The zero-order valence-electron chi connectivity index (χ0n) is 14.6. The number of anilines is 1. The van der Waals surface area contributed by atoms with Gasteiger partial charge in [-0.2, -0.15) is 0 Å². The summed E-state index contributed by atoms with van der Waals surface area (Å²) in [7, 11) is -3.96. The Labute approximate surface area is 152 Å². The molecule has 0 radical (unpaired) electrons. The van der Waals surface area contributed by atoms with Gasteiger partial charge in [0.05, 0.1) is 16.1 Å². The van der Waals surface area contributed by atoms with E-state index in [9.17, 15) is 17.6 Å². The van der Waals surface area contributed by atoms with Crippen LogP contribution in [0.15, 0.2) is 47.4 Å². The van der Waals surface area contributed by atoms with Crippen molar-refractivity contribution in [3.8, 4) is 0 Å². The molecule has 1 atom stereocenters. The summed E-state index contributed by atoms with van der Waals surface area (Å²) in [5.41, 5.74) is 6.21. The second-order valence-corrected chi connectivity index (χ2v) is 7.77. The second-order valence-electron chi connectivity index (χ2n) is 6.08. The van der Waals surface area contributed by atoms with Gasteiger partial charge in [-0.1, -0.05) is 12.1 Å². The van der Waals surface area contributed by atoms with Gasteiger partial charge in [-0.05, 0) is 56.2 Å². The van der Waals surface area contributed by atoms with Gasteiger partial charge in [-0.15, -0.1) is 0 Å². The summed E-state index contributed by atoms with van der Waals surface area (Å²) in [6.45, 7) is 3.70. The van der Waals surface area contributed by atoms with E-state index in [1.165, 1.54) is 31.2 Å². The lowest BCUT2D eigenvalue weighted by molar-refractivity contribution is 0.0953. The van der Waals surface area contributed by atoms with E-state index in [1.54, 1.807) is 12.1 Å². The molecular weight excluding hydrogens is 357 g/mol. The molecule has 8 heteroatoms. The standard InChI is InChI=1S/C18H22FN3O3S/c1-12-11-14(7-8-16(12)19)26(24,25)22-17-6-4-3-5-15(17)18(23)21-10-9-13(2)20/h3-8,11,13,22H,9-10,20H2,1-2H3,(H,21,23). The lowest BCUT2D eigenvalue weighted by Crippen LogP contribution is -2.29. The Morgan fingerprint density at radius 2 is 1.92 bits per heavy atom. The number of halogens is 1. The Balaban J connectivity index is 2.23. The summed E-state index contributed by atoms with van der Waals surface area (Å²) in [6, 6.07) is 9.73. The van der Waals surface area contributed by atoms with Gasteiger partial charge in [0.25, 0.3) is 15.9 Å². The summed E-state index contributed by atoms with van der Waals surface area (Å²) < 4.78 is 40.9. The smallest absolute Gasteiger partial charge is 0.261 e. The quantitative estimate of drug-likeness (QED) is 0.687. The highest BCUT2D eigenvalue weighted by Gasteiger charge is 2.19. The van der Waals surface area contributed by atoms with Crippen molar-refractivity contribution in [2.45, 2.75) is 31.2 Å². The Bertz CT molecular complexity index is 898. The molecule has 2 aromatic rings. The highest BCUT2D eigenvalue weighted by molar-refractivity contribution is 7.92. The molecule has 1 amide bonds. The van der Waals surface area contributed by atoms with Crippen molar-refractivity contribution in [1.82, 2.24) is 5.32 Å². The number of hydrogen-bond donors (Lipinski definition) is 3. The molecule has 2 rings (SSSR count). The van der Waals surface area contributed by atoms with E-state index in [2.05, 4.69) is 10.0 Å². The van der Waals surface area contributed by atoms with Crippen LogP contribution in [0.25, 0.3) is 0 Å². The molecule has 2 aromatic carbocycles. The minimum atomic E-state index is -3.96. The van der Waals surface area contributed by atoms with E-state index in [-0.39, 0.29) is 27.8 Å². The third-order valence-electron chi connectivity index (χ3n) is 3.74. The topological polar surface area (TPSA) is 101 Å². The first-order valence-electron chi connectivity index (χ1n) is 8.12. The van der Waals surface area contributed by atoms with Crippen LogP contribution in [-0.4, -0.2) is 26.9 Å². The predicted octanol–water partition coefficient (Wildman–Crippen LogP) is 2.40. The van der Waals surface area contributed by atoms with Crippen LogP contribution in [0.3, 0.4) is 0 Å². The normalized spacial score (nSPS) is 12.5. The number of carbonyl (C=O) groups excluding carboxylic acids is 1. The van der Waals surface area contributed by atoms with Gasteiger partial charge in [0.2, 0.25) is 0 Å². The van der Waals surface area contributed by atoms with Crippen LogP contribution in [0.2, 0.25) is 0 Å². The first-order chi connectivity index (χ1) is 12.2. The summed E-state index contributed by atoms with van der Waals surface area (Å²) in [4.78, 5) is 12.3. The largest absolute Gasteiger partial charge is 0.352 e. The zero-order valence-corrected chi connectivity index (χ0v) is 15.4. The van der Waals surface area contributed by atoms with Crippen molar-refractivity contribution in [2.75, 3.05) is 11.3 Å². The van der Waals surface area contributed by atoms with Gasteiger partial charge in [-0.25, -0.2) is 12.8 Å². The monoisotopic (exact) mass is 379 g/mol. The Hall–Kier alpha value is -2.45. The molecule has 0 bridgehead atoms. The van der Waals surface area contributed by atoms with Crippen LogP contribution >= 0.6 is 0 Å². The highest BCUT2D eigenvalue weighted by atomic mass is 32.2. The number of hydrogen-bond acceptors (Lipinski definition) is 4. The number of para-hydroxylation sites is 1. The molecule has 0 aromatic heterocycles. The molecule has 26 heavy (non-hydrogen) atoms. The summed E-state index contributed by atoms with van der Waals surface area (Å²) in [5, 5.41) is 2.71. The van der Waals surface area contributed by atoms with Gasteiger partial charge in [0.1, 0.15) is 5.82 Å². The average molecular weight is 379 g/mol. The Morgan fingerprint density at radius 3 is 2.58 bits per heavy atom. The van der Waals surface area contributed by atoms with Crippen LogP contribution in [0, 0.1) is 12.7 Å². The zero-order chi connectivity index (χ0) is 19.3. The molecule has 0 aliphatic heterocycles. The fourth-order valence-electron chi connectivity index (χ4n) is 2.27. The van der Waals surface area contributed by atoms with Gasteiger partial charge < -0.3 is 11.1 Å². The first-order valence-corrected chi connectivity index (χ1v) is 9.61. The fraction of sp³-hybridized carbons (Fsp3) is 0.278. The maximum absolute atomic E-state index is 13.4. The molecule has 6 nitrogen and oxygen atoms in total. The minimum absolute atomic E-state index is 0.0502. The van der Waals surface area contributed by atoms with E-state index >= 15 is 0 Å². The highest BCUT2D eigenvalue weighted by Crippen LogP contribution is 2.21. The van der Waals surface area contributed by atoms with Crippen molar-refractivity contribution in [3.05, 3.63) is 59.4 Å². The van der Waals surface area contributed by atoms with Crippen LogP contribution in [0.4, 0.5) is 10.1 Å². The number of benzene rings is 2. The summed E-state index contributed by atoms with van der Waals surface area (Å²) in [5.74, 6) is -0.892. The van der Waals surface area contributed by atoms with E-state index in [0.29, 0.717) is 13.0 Å². The van der Waals surface area contributed by atoms with Gasteiger partial charge >= 0.3 is 0 Å². The van der Waals surface area contributed by atoms with Crippen molar-refractivity contribution in [3.63, 3.8) is 0 Å². The third-order valence-corrected chi connectivity index (χ3v) is 5.10. The van der Waals surface area contributed by atoms with Crippen molar-refractivity contribution in [2.24, 2.45) is 5.73 Å². The maximum atomic E-state index is 13.4. The van der Waals surface area contributed by atoms with Crippen molar-refractivity contribution < 1.29 is 17.6 Å². The molecule has 0 aliphatic rings. The fourth-order valence-corrected chi connectivity index (χ4v) is 3.43. The molecule has 140 valence electrons. The Morgan fingerprint density at radius 1 is 1.23 bits per heavy atom. The van der Waals surface area contributed by atoms with Crippen LogP contribution in [-0.2, 0) is 10.0 Å². The van der Waals surface area contributed by atoms with Crippen LogP contribution in [0.1, 0.15) is 29.3 Å². The molecule has 0 spiro atoms. The Kier molecular flexibility index (Phi) is 6.33. The maximum Gasteiger partial charge on any atom is 0.261 e. The molecular formula is C18H22FN3O3S. The van der Waals surface area contributed by atoms with Crippen LogP contribution < -0.4 is 15.8 Å². The van der Waals surface area contributed by atoms with Gasteiger partial charge in [0.15, 0.2) is 0 Å². The van der Waals surface area contributed by atoms with Crippen molar-refractivity contribution in [1.29, 1.82) is 0 Å². The number of rotatable bonds is 7. The summed E-state index contributed by atoms with van der Waals surface area (Å²) in [6.07, 6.45) is 0.606. The van der Waals surface area contributed by atoms with Gasteiger partial charge in [-0.3, -0.25) is 9.52 Å². The molecule has 1 unspecified atom stereocenters. The van der Waals surface area contributed by atoms with Crippen LogP contribution in [0.5, 0.6) is 0 Å². The number of carbonyl (C=O) groups is 1. The lowest BCUT2D eigenvalue weighted by atomic mass is 10.1. The second kappa shape index (κ2) is 8.29. The van der Waals surface area contributed by atoms with E-state index in [1.807, 2.05) is 6.92 Å². The van der Waals surface area contributed by atoms with Gasteiger partial charge in [0, 0.05) is 12.6 Å².